The summed E-state index contributed by atoms with van der Waals surface area (Å²) in [7, 11) is 1.33. The molecule has 0 saturated heterocycles. The van der Waals surface area contributed by atoms with Gasteiger partial charge < -0.3 is 18.0 Å². The van der Waals surface area contributed by atoms with Gasteiger partial charge in [-0.3, -0.25) is 0 Å². The fourth-order valence-corrected chi connectivity index (χ4v) is 1.66. The van der Waals surface area contributed by atoms with Crippen molar-refractivity contribution >= 4 is 14.8 Å². The molecule has 0 fully saturated rings. The van der Waals surface area contributed by atoms with E-state index in [0.717, 1.165) is 6.23 Å². The molecule has 0 aromatic rings. The molecule has 0 bridgehead atoms. The smallest absolute Gasteiger partial charge is 0.450 e. The van der Waals surface area contributed by atoms with Gasteiger partial charge in [0.1, 0.15) is 0 Å². The number of rotatable bonds is 6. The van der Waals surface area contributed by atoms with Crippen molar-refractivity contribution in [2.75, 3.05) is 21.3 Å². The predicted molar refractivity (Wildman–Crippen MR) is 52.0 cm³/mol. The molecule has 0 aliphatic heterocycles. The second-order valence-corrected chi connectivity index (χ2v) is 5.19. The Morgan fingerprint density at radius 2 is 1.64 bits per heavy atom. The molecule has 0 N–H and O–H groups in total. The molecule has 0 heterocycles. The SMILES string of the molecule is C=C(C)C(=O)O[CH][Si](OC)(OC)OC. The van der Waals surface area contributed by atoms with E-state index >= 15 is 0 Å². The Morgan fingerprint density at radius 1 is 1.21 bits per heavy atom. The highest BCUT2D eigenvalue weighted by molar-refractivity contribution is 6.64. The van der Waals surface area contributed by atoms with E-state index in [1.807, 2.05) is 0 Å². The maximum atomic E-state index is 11.0. The van der Waals surface area contributed by atoms with E-state index in [1.54, 1.807) is 6.92 Å². The summed E-state index contributed by atoms with van der Waals surface area (Å²) in [5.74, 6) is -0.534. The predicted octanol–water partition coefficient (Wildman–Crippen LogP) is 0.685. The van der Waals surface area contributed by atoms with Gasteiger partial charge in [-0.05, 0) is 6.92 Å². The first kappa shape index (κ1) is 13.3. The maximum Gasteiger partial charge on any atom is 0.547 e. The van der Waals surface area contributed by atoms with Crippen molar-refractivity contribution in [2.24, 2.45) is 0 Å². The number of carbonyl (C=O) groups excluding carboxylic acids is 1. The molecule has 14 heavy (non-hydrogen) atoms. The fourth-order valence-electron chi connectivity index (χ4n) is 0.621. The van der Waals surface area contributed by atoms with Crippen LogP contribution in [0.1, 0.15) is 6.92 Å². The van der Waals surface area contributed by atoms with E-state index in [2.05, 4.69) is 6.58 Å². The van der Waals surface area contributed by atoms with Crippen LogP contribution >= 0.6 is 0 Å². The van der Waals surface area contributed by atoms with Crippen molar-refractivity contribution in [1.82, 2.24) is 0 Å². The Labute approximate surface area is 85.0 Å². The maximum absolute atomic E-state index is 11.0. The van der Waals surface area contributed by atoms with Gasteiger partial charge in [0.05, 0.1) is 0 Å². The van der Waals surface area contributed by atoms with Crippen molar-refractivity contribution in [2.45, 2.75) is 6.92 Å². The highest BCUT2D eigenvalue weighted by atomic mass is 28.4. The number of ether oxygens (including phenoxy) is 1. The van der Waals surface area contributed by atoms with Crippen LogP contribution in [-0.2, 0) is 22.8 Å². The Kier molecular flexibility index (Phi) is 5.62. The molecule has 0 aromatic carbocycles. The van der Waals surface area contributed by atoms with E-state index in [4.69, 9.17) is 18.0 Å². The second-order valence-electron chi connectivity index (χ2n) is 2.52. The Bertz CT molecular complexity index is 204. The molecule has 0 unspecified atom stereocenters. The van der Waals surface area contributed by atoms with E-state index in [9.17, 15) is 4.79 Å². The van der Waals surface area contributed by atoms with Gasteiger partial charge in [-0.15, -0.1) is 0 Å². The molecule has 0 aromatic heterocycles. The Hall–Kier alpha value is -0.693. The van der Waals surface area contributed by atoms with Crippen LogP contribution in [0.25, 0.3) is 0 Å². The van der Waals surface area contributed by atoms with Crippen LogP contribution in [0.15, 0.2) is 12.2 Å². The molecule has 0 aliphatic carbocycles. The normalized spacial score (nSPS) is 11.1. The van der Waals surface area contributed by atoms with Gasteiger partial charge in [0.15, 0.2) is 0 Å². The number of esters is 1. The van der Waals surface area contributed by atoms with Crippen LogP contribution in [0, 0.1) is 6.23 Å². The van der Waals surface area contributed by atoms with Crippen LogP contribution in [0.5, 0.6) is 0 Å². The highest BCUT2D eigenvalue weighted by Crippen LogP contribution is 2.11. The third-order valence-electron chi connectivity index (χ3n) is 1.51. The molecule has 5 nitrogen and oxygen atoms in total. The molecule has 0 saturated carbocycles. The number of hydrogen-bond donors (Lipinski definition) is 0. The summed E-state index contributed by atoms with van der Waals surface area (Å²) in [6.07, 6.45) is 1.16. The Morgan fingerprint density at radius 3 is 1.93 bits per heavy atom. The van der Waals surface area contributed by atoms with E-state index in [1.165, 1.54) is 21.3 Å². The first-order valence-electron chi connectivity index (χ1n) is 3.87. The van der Waals surface area contributed by atoms with Gasteiger partial charge in [-0.25, -0.2) is 4.79 Å². The lowest BCUT2D eigenvalue weighted by atomic mass is 10.4. The van der Waals surface area contributed by atoms with Crippen LogP contribution in [0.2, 0.25) is 0 Å². The quantitative estimate of drug-likeness (QED) is 0.373. The standard InChI is InChI=1S/C8H15O5Si/c1-7(2)8(9)13-6-14(10-3,11-4)12-5/h6H,1H2,2-5H3. The van der Waals surface area contributed by atoms with E-state index in [-0.39, 0.29) is 0 Å². The zero-order valence-corrected chi connectivity index (χ0v) is 9.83. The van der Waals surface area contributed by atoms with E-state index < -0.39 is 14.8 Å². The van der Waals surface area contributed by atoms with Crippen molar-refractivity contribution in [3.63, 3.8) is 0 Å². The minimum absolute atomic E-state index is 0.299. The summed E-state index contributed by atoms with van der Waals surface area (Å²) in [5, 5.41) is 0. The molecule has 0 amide bonds. The van der Waals surface area contributed by atoms with Gasteiger partial charge in [-0.1, -0.05) is 6.58 Å². The largest absolute Gasteiger partial charge is 0.547 e. The molecule has 1 radical (unpaired) electrons. The van der Waals surface area contributed by atoms with E-state index in [0.29, 0.717) is 5.57 Å². The third-order valence-corrected chi connectivity index (χ3v) is 3.63. The van der Waals surface area contributed by atoms with Gasteiger partial charge in [-0.2, -0.15) is 0 Å². The lowest BCUT2D eigenvalue weighted by molar-refractivity contribution is -0.135. The second kappa shape index (κ2) is 5.92. The monoisotopic (exact) mass is 219 g/mol. The first-order chi connectivity index (χ1) is 6.51. The Balaban J connectivity index is 4.19. The van der Waals surface area contributed by atoms with Gasteiger partial charge in [0.2, 0.25) is 6.23 Å². The zero-order valence-electron chi connectivity index (χ0n) is 8.83. The number of hydrogen-bond acceptors (Lipinski definition) is 5. The van der Waals surface area contributed by atoms with Gasteiger partial charge in [0, 0.05) is 26.9 Å². The number of carbonyl (C=O) groups is 1. The van der Waals surface area contributed by atoms with Crippen molar-refractivity contribution in [3.05, 3.63) is 18.4 Å². The highest BCUT2D eigenvalue weighted by Gasteiger charge is 2.41. The molecule has 6 heteroatoms. The molecule has 81 valence electrons. The van der Waals surface area contributed by atoms with Crippen LogP contribution in [-0.4, -0.2) is 36.1 Å². The summed E-state index contributed by atoms with van der Waals surface area (Å²) < 4.78 is 19.8. The molecule has 0 atom stereocenters. The average Bonchev–Trinajstić information content (AvgIpc) is 2.20. The minimum Gasteiger partial charge on any atom is -0.450 e. The first-order valence-corrected chi connectivity index (χ1v) is 5.68. The molecular weight excluding hydrogens is 204 g/mol. The molecule has 0 aliphatic rings. The summed E-state index contributed by atoms with van der Waals surface area (Å²) in [6, 6.07) is 0. The lowest BCUT2D eigenvalue weighted by Crippen LogP contribution is -2.45. The minimum atomic E-state index is -2.94. The summed E-state index contributed by atoms with van der Waals surface area (Å²) >= 11 is 0. The summed E-state index contributed by atoms with van der Waals surface area (Å²) in [6.45, 7) is 4.98. The molecule has 0 spiro atoms. The molecular formula is C8H15O5Si. The van der Waals surface area contributed by atoms with Crippen molar-refractivity contribution < 1.29 is 22.8 Å². The van der Waals surface area contributed by atoms with Gasteiger partial charge in [0.25, 0.3) is 0 Å². The van der Waals surface area contributed by atoms with Crippen LogP contribution in [0.3, 0.4) is 0 Å². The van der Waals surface area contributed by atoms with Crippen molar-refractivity contribution in [1.29, 1.82) is 0 Å². The zero-order chi connectivity index (χ0) is 11.2. The lowest BCUT2D eigenvalue weighted by Gasteiger charge is -2.22. The fraction of sp³-hybridized carbons (Fsp3) is 0.500. The summed E-state index contributed by atoms with van der Waals surface area (Å²) in [5.41, 5.74) is 0.299. The van der Waals surface area contributed by atoms with Gasteiger partial charge >= 0.3 is 14.8 Å². The van der Waals surface area contributed by atoms with Crippen LogP contribution < -0.4 is 0 Å². The van der Waals surface area contributed by atoms with Crippen LogP contribution in [0.4, 0.5) is 0 Å². The molecule has 0 rings (SSSR count). The third kappa shape index (κ3) is 3.58. The topological polar surface area (TPSA) is 54.0 Å². The summed E-state index contributed by atoms with van der Waals surface area (Å²) in [4.78, 5) is 11.0. The van der Waals surface area contributed by atoms with Crippen molar-refractivity contribution in [3.8, 4) is 0 Å². The average molecular weight is 219 g/mol.